The molecule has 25 heavy (non-hydrogen) atoms. The zero-order valence-corrected chi connectivity index (χ0v) is 14.5. The second kappa shape index (κ2) is 11.6. The van der Waals surface area contributed by atoms with Gasteiger partial charge in [-0.1, -0.05) is 11.8 Å². The van der Waals surface area contributed by atoms with E-state index in [0.717, 1.165) is 5.56 Å². The normalized spacial score (nSPS) is 9.12. The molecule has 132 valence electrons. The van der Waals surface area contributed by atoms with Crippen molar-refractivity contribution in [1.82, 2.24) is 4.98 Å². The Labute approximate surface area is 147 Å². The molecule has 6 heteroatoms. The van der Waals surface area contributed by atoms with Gasteiger partial charge in [-0.05, 0) is 31.2 Å². The molecule has 0 atom stereocenters. The Morgan fingerprint density at radius 3 is 2.36 bits per heavy atom. The molecule has 0 saturated carbocycles. The minimum Gasteiger partial charge on any atom is -0.478 e. The van der Waals surface area contributed by atoms with Gasteiger partial charge in [0.05, 0.1) is 12.2 Å². The number of benzene rings is 1. The van der Waals surface area contributed by atoms with Gasteiger partial charge in [-0.3, -0.25) is 4.79 Å². The number of nitrogens with zero attached hydrogens (tertiary/aromatic N) is 1. The molecule has 0 aliphatic carbocycles. The molecular weight excluding hydrogens is 322 g/mol. The Morgan fingerprint density at radius 1 is 1.12 bits per heavy atom. The first-order chi connectivity index (χ1) is 12.2. The Bertz CT molecular complexity index is 717. The third-order valence-electron chi connectivity index (χ3n) is 2.74. The van der Waals surface area contributed by atoms with E-state index < -0.39 is 6.79 Å². The molecule has 0 saturated heterocycles. The summed E-state index contributed by atoms with van der Waals surface area (Å²) >= 11 is 0. The maximum absolute atomic E-state index is 10.9. The third kappa shape index (κ3) is 7.04. The van der Waals surface area contributed by atoms with Crippen LogP contribution in [0.3, 0.4) is 0 Å². The lowest BCUT2D eigenvalue weighted by Gasteiger charge is -2.05. The smallest absolute Gasteiger partial charge is 0.213 e. The highest BCUT2D eigenvalue weighted by molar-refractivity contribution is 5.79. The summed E-state index contributed by atoms with van der Waals surface area (Å²) in [5, 5.41) is 8.81. The van der Waals surface area contributed by atoms with Crippen molar-refractivity contribution in [2.75, 3.05) is 27.6 Å². The molecular formula is C19H21NO5. The van der Waals surface area contributed by atoms with Gasteiger partial charge < -0.3 is 19.3 Å². The molecule has 1 heterocycles. The van der Waals surface area contributed by atoms with Gasteiger partial charge in [-0.2, -0.15) is 0 Å². The summed E-state index contributed by atoms with van der Waals surface area (Å²) < 4.78 is 14.5. The average molecular weight is 343 g/mol. The van der Waals surface area contributed by atoms with Crippen LogP contribution in [0.5, 0.6) is 11.6 Å². The minimum atomic E-state index is -0.499. The number of ether oxygens (including phenoxy) is 3. The highest BCUT2D eigenvalue weighted by Gasteiger charge is 2.03. The number of methoxy groups -OCH3 is 1. The Morgan fingerprint density at radius 2 is 1.80 bits per heavy atom. The number of aliphatic hydroxyl groups is 1. The van der Waals surface area contributed by atoms with E-state index >= 15 is 0 Å². The van der Waals surface area contributed by atoms with Crippen molar-refractivity contribution in [3.05, 3.63) is 53.2 Å². The molecule has 1 N–H and O–H groups in total. The van der Waals surface area contributed by atoms with Gasteiger partial charge in [0.1, 0.15) is 5.75 Å². The van der Waals surface area contributed by atoms with Crippen LogP contribution < -0.4 is 9.47 Å². The van der Waals surface area contributed by atoms with E-state index in [-0.39, 0.29) is 0 Å². The number of pyridine rings is 1. The molecule has 0 aliphatic rings. The topological polar surface area (TPSA) is 77.9 Å². The van der Waals surface area contributed by atoms with Gasteiger partial charge in [-0.25, -0.2) is 4.98 Å². The quantitative estimate of drug-likeness (QED) is 0.510. The van der Waals surface area contributed by atoms with Gasteiger partial charge in [0.15, 0.2) is 13.1 Å². The van der Waals surface area contributed by atoms with Crippen molar-refractivity contribution >= 4 is 6.29 Å². The van der Waals surface area contributed by atoms with Crippen LogP contribution in [0.15, 0.2) is 36.5 Å². The van der Waals surface area contributed by atoms with Crippen LogP contribution in [-0.2, 0) is 4.74 Å². The van der Waals surface area contributed by atoms with Gasteiger partial charge in [0.2, 0.25) is 5.88 Å². The Balaban J connectivity index is 0.000000970. The number of rotatable bonds is 5. The summed E-state index contributed by atoms with van der Waals surface area (Å²) in [6.07, 6.45) is 2.29. The predicted molar refractivity (Wildman–Crippen MR) is 93.9 cm³/mol. The summed E-state index contributed by atoms with van der Waals surface area (Å²) in [6.45, 7) is 1.96. The van der Waals surface area contributed by atoms with Crippen molar-refractivity contribution < 1.29 is 24.1 Å². The molecule has 2 rings (SSSR count). The molecule has 0 unspecified atom stereocenters. The second-order valence-electron chi connectivity index (χ2n) is 4.62. The second-order valence-corrected chi connectivity index (χ2v) is 4.62. The molecule has 0 fully saturated rings. The van der Waals surface area contributed by atoms with E-state index in [1.165, 1.54) is 0 Å². The molecule has 1 aromatic heterocycles. The molecule has 1 aromatic carbocycles. The average Bonchev–Trinajstić information content (AvgIpc) is 2.62. The lowest BCUT2D eigenvalue weighted by Crippen LogP contribution is -1.98. The van der Waals surface area contributed by atoms with Crippen molar-refractivity contribution in [3.8, 4) is 23.5 Å². The summed E-state index contributed by atoms with van der Waals surface area (Å²) in [6, 6.07) is 8.48. The fraction of sp³-hybridized carbons (Fsp3) is 0.263. The van der Waals surface area contributed by atoms with Crippen LogP contribution >= 0.6 is 0 Å². The van der Waals surface area contributed by atoms with Crippen molar-refractivity contribution in [1.29, 1.82) is 0 Å². The van der Waals surface area contributed by atoms with E-state index in [1.807, 2.05) is 13.0 Å². The summed E-state index contributed by atoms with van der Waals surface area (Å²) in [5.41, 5.74) is 1.78. The monoisotopic (exact) mass is 343 g/mol. The summed E-state index contributed by atoms with van der Waals surface area (Å²) in [5.74, 6) is 6.77. The molecule has 6 nitrogen and oxygen atoms in total. The van der Waals surface area contributed by atoms with E-state index in [4.69, 9.17) is 14.6 Å². The van der Waals surface area contributed by atoms with Crippen LogP contribution in [0.1, 0.15) is 28.4 Å². The fourth-order valence-electron chi connectivity index (χ4n) is 1.74. The molecule has 2 aromatic rings. The van der Waals surface area contributed by atoms with Crippen LogP contribution in [0, 0.1) is 11.8 Å². The highest BCUT2D eigenvalue weighted by atomic mass is 16.6. The maximum atomic E-state index is 10.9. The van der Waals surface area contributed by atoms with Gasteiger partial charge in [0, 0.05) is 37.6 Å². The zero-order chi connectivity index (χ0) is 18.5. The van der Waals surface area contributed by atoms with Crippen LogP contribution in [0.25, 0.3) is 0 Å². The van der Waals surface area contributed by atoms with E-state index in [9.17, 15) is 4.79 Å². The van der Waals surface area contributed by atoms with Gasteiger partial charge in [0.25, 0.3) is 0 Å². The number of carbonyl (C=O) groups is 1. The molecule has 0 spiro atoms. The predicted octanol–water partition coefficient (Wildman–Crippen LogP) is 2.28. The van der Waals surface area contributed by atoms with Crippen molar-refractivity contribution in [2.24, 2.45) is 0 Å². The summed E-state index contributed by atoms with van der Waals surface area (Å²) in [7, 11) is 3.25. The number of aldehydes is 1. The fourth-order valence-corrected chi connectivity index (χ4v) is 1.74. The number of aliphatic hydroxyl groups excluding tert-OH is 1. The first-order valence-corrected chi connectivity index (χ1v) is 7.52. The molecule has 0 amide bonds. The van der Waals surface area contributed by atoms with Crippen LogP contribution in [0.2, 0.25) is 0 Å². The van der Waals surface area contributed by atoms with Crippen LogP contribution in [0.4, 0.5) is 0 Å². The Hall–Kier alpha value is -2.88. The van der Waals surface area contributed by atoms with Crippen molar-refractivity contribution in [2.45, 2.75) is 6.92 Å². The Kier molecular flexibility index (Phi) is 9.38. The zero-order valence-electron chi connectivity index (χ0n) is 14.5. The minimum absolute atomic E-state index is 0.300. The van der Waals surface area contributed by atoms with E-state index in [0.29, 0.717) is 35.6 Å². The first-order valence-electron chi connectivity index (χ1n) is 7.52. The third-order valence-corrected chi connectivity index (χ3v) is 2.74. The van der Waals surface area contributed by atoms with Crippen molar-refractivity contribution in [3.63, 3.8) is 0 Å². The number of hydrogen-bond donors (Lipinski definition) is 1. The summed E-state index contributed by atoms with van der Waals surface area (Å²) in [4.78, 5) is 15.0. The maximum Gasteiger partial charge on any atom is 0.213 e. The number of hydrogen-bond acceptors (Lipinski definition) is 6. The number of aromatic nitrogens is 1. The molecule has 0 bridgehead atoms. The van der Waals surface area contributed by atoms with Gasteiger partial charge in [-0.15, -0.1) is 0 Å². The first kappa shape index (κ1) is 20.2. The van der Waals surface area contributed by atoms with E-state index in [2.05, 4.69) is 21.6 Å². The van der Waals surface area contributed by atoms with Gasteiger partial charge >= 0.3 is 0 Å². The highest BCUT2D eigenvalue weighted by Crippen LogP contribution is 2.18. The number of carbonyl (C=O) groups excluding carboxylic acids is 1. The largest absolute Gasteiger partial charge is 0.478 e. The van der Waals surface area contributed by atoms with Crippen LogP contribution in [-0.4, -0.2) is 44.0 Å². The molecule has 0 radical (unpaired) electrons. The SMILES string of the molecule is CCOc1ccc(C#Cc2ccc(C=O)c(OCO)c2)cn1.COC. The van der Waals surface area contributed by atoms with E-state index in [1.54, 1.807) is 44.7 Å². The molecule has 0 aliphatic heterocycles. The standard InChI is InChI=1S/C17H15NO4.C2H6O/c1-2-21-17-8-6-14(10-18-17)4-3-13-5-7-15(11-19)16(9-13)22-12-20;1-3-2/h5-11,20H,2,12H2,1H3;1-2H3. The lowest BCUT2D eigenvalue weighted by atomic mass is 10.1. The lowest BCUT2D eigenvalue weighted by molar-refractivity contribution is 0.0959.